The van der Waals surface area contributed by atoms with Crippen molar-refractivity contribution in [1.82, 2.24) is 14.5 Å². The maximum Gasteiger partial charge on any atom is 0.341 e. The number of aromatic nitrogens is 3. The second-order valence-corrected chi connectivity index (χ2v) is 9.11. The molecule has 5 rings (SSSR count). The lowest BCUT2D eigenvalue weighted by Gasteiger charge is -2.44. The zero-order chi connectivity index (χ0) is 22.9. The molecule has 2 aromatic heterocycles. The van der Waals surface area contributed by atoms with Crippen molar-refractivity contribution in [3.8, 4) is 22.4 Å². The van der Waals surface area contributed by atoms with Gasteiger partial charge < -0.3 is 5.11 Å². The highest BCUT2D eigenvalue weighted by Gasteiger charge is 2.45. The third kappa shape index (κ3) is 2.95. The fourth-order valence-electron chi connectivity index (χ4n) is 4.83. The maximum atomic E-state index is 13.0. The molecular weight excluding hydrogens is 442 g/mol. The number of pyridine rings is 1. The van der Waals surface area contributed by atoms with Crippen LogP contribution in [-0.4, -0.2) is 31.1 Å². The molecule has 32 heavy (non-hydrogen) atoms. The molecule has 2 aliphatic heterocycles. The molecule has 0 radical (unpaired) electrons. The van der Waals surface area contributed by atoms with E-state index in [0.29, 0.717) is 32.1 Å². The Bertz CT molecular complexity index is 1330. The van der Waals surface area contributed by atoms with Gasteiger partial charge in [-0.3, -0.25) is 14.5 Å². The van der Waals surface area contributed by atoms with Crippen LogP contribution in [0.3, 0.4) is 0 Å². The third-order valence-electron chi connectivity index (χ3n) is 6.33. The number of aromatic carboxylic acids is 1. The molecule has 1 fully saturated rings. The van der Waals surface area contributed by atoms with E-state index in [1.54, 1.807) is 10.7 Å². The molecule has 0 aliphatic carbocycles. The average Bonchev–Trinajstić information content (AvgIpc) is 3.32. The summed E-state index contributed by atoms with van der Waals surface area (Å²) >= 11 is 6.55. The molecule has 0 bridgehead atoms. The van der Waals surface area contributed by atoms with Crippen LogP contribution in [0.2, 0.25) is 5.02 Å². The Morgan fingerprint density at radius 2 is 2.00 bits per heavy atom. The number of carboxylic acids is 1. The van der Waals surface area contributed by atoms with E-state index in [1.165, 1.54) is 24.7 Å². The first-order chi connectivity index (χ1) is 15.1. The molecule has 7 nitrogen and oxygen atoms in total. The maximum absolute atomic E-state index is 13.0. The van der Waals surface area contributed by atoms with Crippen LogP contribution < -0.4 is 10.4 Å². The number of nitrogens with zero attached hydrogens (tertiary/aromatic N) is 4. The van der Waals surface area contributed by atoms with Crippen molar-refractivity contribution in [3.63, 3.8) is 0 Å². The topological polar surface area (TPSA) is 80.4 Å². The monoisotopic (exact) mass is 460 g/mol. The van der Waals surface area contributed by atoms with Gasteiger partial charge in [0, 0.05) is 40.2 Å². The van der Waals surface area contributed by atoms with E-state index in [4.69, 9.17) is 11.6 Å². The molecule has 10 heteroatoms. The summed E-state index contributed by atoms with van der Waals surface area (Å²) in [6.45, 7) is 1.36. The Balaban J connectivity index is 1.76. The lowest BCUT2D eigenvalue weighted by molar-refractivity contribution is 0.0566. The summed E-state index contributed by atoms with van der Waals surface area (Å²) < 4.78 is 28.3. The van der Waals surface area contributed by atoms with Crippen molar-refractivity contribution in [2.45, 2.75) is 44.8 Å². The van der Waals surface area contributed by atoms with Crippen LogP contribution in [-0.2, 0) is 0 Å². The van der Waals surface area contributed by atoms with Gasteiger partial charge in [0.1, 0.15) is 5.56 Å². The first-order valence-electron chi connectivity index (χ1n) is 10.0. The minimum atomic E-state index is -2.76. The van der Waals surface area contributed by atoms with Gasteiger partial charge in [-0.15, -0.1) is 0 Å². The second-order valence-electron chi connectivity index (χ2n) is 8.70. The fourth-order valence-corrected chi connectivity index (χ4v) is 5.11. The minimum Gasteiger partial charge on any atom is -0.477 e. The average molecular weight is 461 g/mol. The SMILES string of the molecule is CC1(C)CC[C@@H]2c3cc(-c4cnn(C(F)F)c4)c(Cl)cc3-c3cc(=O)c(C(=O)O)cn3N21. The molecule has 1 atom stereocenters. The Labute approximate surface area is 186 Å². The summed E-state index contributed by atoms with van der Waals surface area (Å²) in [5, 5.41) is 15.6. The molecule has 1 saturated heterocycles. The second kappa shape index (κ2) is 6.90. The lowest BCUT2D eigenvalue weighted by Crippen LogP contribution is -2.50. The van der Waals surface area contributed by atoms with Gasteiger partial charge in [0.15, 0.2) is 5.43 Å². The Kier molecular flexibility index (Phi) is 4.46. The number of fused-ring (bicyclic) bond motifs is 6. The number of hydrogen-bond acceptors (Lipinski definition) is 4. The van der Waals surface area contributed by atoms with Crippen LogP contribution in [0, 0.1) is 0 Å². The molecule has 0 saturated carbocycles. The van der Waals surface area contributed by atoms with Crippen molar-refractivity contribution >= 4 is 17.6 Å². The number of carbonyl (C=O) groups is 1. The van der Waals surface area contributed by atoms with E-state index in [9.17, 15) is 23.5 Å². The molecule has 4 heterocycles. The standard InChI is InChI=1S/C22H19ClF2N4O3/c1-22(2)4-3-17-13-5-12(11-8-26-27(9-11)21(24)25)16(23)6-14(13)18-7-19(30)15(20(31)32)10-28(18)29(17)22/h5-10,17,21H,3-4H2,1-2H3,(H,31,32)/t17-/m1/s1. The van der Waals surface area contributed by atoms with Crippen LogP contribution in [0.15, 0.2) is 41.6 Å². The van der Waals surface area contributed by atoms with Crippen LogP contribution >= 0.6 is 11.6 Å². The summed E-state index contributed by atoms with van der Waals surface area (Å²) in [6, 6.07) is 4.79. The van der Waals surface area contributed by atoms with Crippen LogP contribution in [0.1, 0.15) is 55.2 Å². The summed E-state index contributed by atoms with van der Waals surface area (Å²) in [7, 11) is 0. The lowest BCUT2D eigenvalue weighted by atomic mass is 9.91. The van der Waals surface area contributed by atoms with Gasteiger partial charge in [-0.05, 0) is 44.4 Å². The predicted octanol–water partition coefficient (Wildman–Crippen LogP) is 4.69. The number of carboxylic acid groups (broad SMARTS) is 1. The van der Waals surface area contributed by atoms with Crippen LogP contribution in [0.5, 0.6) is 0 Å². The van der Waals surface area contributed by atoms with E-state index in [-0.39, 0.29) is 17.1 Å². The fraction of sp³-hybridized carbons (Fsp3) is 0.318. The Morgan fingerprint density at radius 3 is 2.66 bits per heavy atom. The molecule has 0 spiro atoms. The molecule has 3 aromatic rings. The molecule has 1 aromatic carbocycles. The smallest absolute Gasteiger partial charge is 0.341 e. The predicted molar refractivity (Wildman–Crippen MR) is 115 cm³/mol. The van der Waals surface area contributed by atoms with Gasteiger partial charge in [-0.1, -0.05) is 11.6 Å². The first kappa shape index (κ1) is 20.7. The number of halogens is 3. The molecule has 0 unspecified atom stereocenters. The third-order valence-corrected chi connectivity index (χ3v) is 6.64. The van der Waals surface area contributed by atoms with Crippen molar-refractivity contribution in [2.75, 3.05) is 5.01 Å². The van der Waals surface area contributed by atoms with Crippen molar-refractivity contribution < 1.29 is 18.7 Å². The normalized spacial score (nSPS) is 18.4. The minimum absolute atomic E-state index is 0.0993. The largest absolute Gasteiger partial charge is 0.477 e. The molecule has 2 aliphatic rings. The quantitative estimate of drug-likeness (QED) is 0.613. The number of alkyl halides is 2. The van der Waals surface area contributed by atoms with E-state index >= 15 is 0 Å². The van der Waals surface area contributed by atoms with Crippen molar-refractivity contribution in [2.24, 2.45) is 0 Å². The van der Waals surface area contributed by atoms with Gasteiger partial charge in [-0.2, -0.15) is 13.9 Å². The first-order valence-corrected chi connectivity index (χ1v) is 10.4. The molecule has 166 valence electrons. The van der Waals surface area contributed by atoms with Gasteiger partial charge in [0.05, 0.1) is 23.5 Å². The van der Waals surface area contributed by atoms with Gasteiger partial charge in [0.25, 0.3) is 0 Å². The Hall–Kier alpha value is -3.20. The molecule has 0 amide bonds. The Morgan fingerprint density at radius 1 is 1.25 bits per heavy atom. The van der Waals surface area contributed by atoms with E-state index in [2.05, 4.69) is 24.0 Å². The number of rotatable bonds is 3. The van der Waals surface area contributed by atoms with Gasteiger partial charge in [0.2, 0.25) is 0 Å². The molecule has 1 N–H and O–H groups in total. The highest BCUT2D eigenvalue weighted by Crippen LogP contribution is 2.49. The van der Waals surface area contributed by atoms with E-state index < -0.39 is 17.9 Å². The van der Waals surface area contributed by atoms with E-state index in [0.717, 1.165) is 18.4 Å². The van der Waals surface area contributed by atoms with Crippen LogP contribution in [0.25, 0.3) is 22.4 Å². The zero-order valence-corrected chi connectivity index (χ0v) is 18.0. The summed E-state index contributed by atoms with van der Waals surface area (Å²) in [5.41, 5.74) is 1.99. The van der Waals surface area contributed by atoms with Crippen molar-refractivity contribution in [1.29, 1.82) is 0 Å². The number of benzene rings is 1. The summed E-state index contributed by atoms with van der Waals surface area (Å²) in [5.74, 6) is -1.28. The van der Waals surface area contributed by atoms with Gasteiger partial charge in [-0.25, -0.2) is 9.48 Å². The highest BCUT2D eigenvalue weighted by molar-refractivity contribution is 6.33. The summed E-state index contributed by atoms with van der Waals surface area (Å²) in [6.07, 6.45) is 5.60. The van der Waals surface area contributed by atoms with Crippen molar-refractivity contribution in [3.05, 3.63) is 63.2 Å². The molecular formula is C22H19ClF2N4O3. The van der Waals surface area contributed by atoms with Gasteiger partial charge >= 0.3 is 12.5 Å². The highest BCUT2D eigenvalue weighted by atomic mass is 35.5. The number of hydrogen-bond donors (Lipinski definition) is 1. The summed E-state index contributed by atoms with van der Waals surface area (Å²) in [4.78, 5) is 24.1. The van der Waals surface area contributed by atoms with Crippen LogP contribution in [0.4, 0.5) is 8.78 Å². The zero-order valence-electron chi connectivity index (χ0n) is 17.2. The van der Waals surface area contributed by atoms with E-state index in [1.807, 2.05) is 6.07 Å².